The summed E-state index contributed by atoms with van der Waals surface area (Å²) >= 11 is 0. The van der Waals surface area contributed by atoms with E-state index in [9.17, 15) is 0 Å². The van der Waals surface area contributed by atoms with Crippen molar-refractivity contribution in [2.75, 3.05) is 26.7 Å². The number of likely N-dealkylation sites (N-methyl/N-ethyl adjacent to an activating group) is 1. The number of aliphatic hydroxyl groups is 1. The summed E-state index contributed by atoms with van der Waals surface area (Å²) in [4.78, 5) is 1.89. The van der Waals surface area contributed by atoms with Gasteiger partial charge >= 0.3 is 0 Å². The summed E-state index contributed by atoms with van der Waals surface area (Å²) in [5.74, 6) is 0. The van der Waals surface area contributed by atoms with Gasteiger partial charge in [0.25, 0.3) is 0 Å². The molecule has 0 aliphatic carbocycles. The number of rotatable bonds is 5. The normalized spacial score (nSPS) is 13.0. The van der Waals surface area contributed by atoms with E-state index in [1.54, 1.807) is 0 Å². The van der Waals surface area contributed by atoms with Gasteiger partial charge in [0.05, 0.1) is 12.2 Å². The van der Waals surface area contributed by atoms with Crippen molar-refractivity contribution in [3.8, 4) is 6.07 Å². The summed E-state index contributed by atoms with van der Waals surface area (Å²) in [5.41, 5.74) is 5.21. The van der Waals surface area contributed by atoms with Gasteiger partial charge in [-0.25, -0.2) is 0 Å². The minimum absolute atomic E-state index is 0.275. The van der Waals surface area contributed by atoms with E-state index >= 15 is 0 Å². The number of nitrogens with zero attached hydrogens (tertiary/aromatic N) is 2. The number of nitriles is 1. The zero-order valence-corrected chi connectivity index (χ0v) is 6.82. The molecule has 0 aromatic rings. The van der Waals surface area contributed by atoms with Crippen molar-refractivity contribution >= 4 is 0 Å². The van der Waals surface area contributed by atoms with Crippen LogP contribution >= 0.6 is 0 Å². The Balaban J connectivity index is 3.37. The minimum atomic E-state index is -0.473. The van der Waals surface area contributed by atoms with Crippen molar-refractivity contribution in [1.29, 1.82) is 5.26 Å². The minimum Gasteiger partial charge on any atom is -0.390 e. The first kappa shape index (κ1) is 10.4. The first-order valence-corrected chi connectivity index (χ1v) is 3.64. The Morgan fingerprint density at radius 1 is 1.73 bits per heavy atom. The lowest BCUT2D eigenvalue weighted by Gasteiger charge is -2.17. The standard InChI is InChI=1S/C7H15N3O/c1-10(4-2-3-8)6-7(11)5-9/h7,11H,2,4-6,9H2,1H3. The van der Waals surface area contributed by atoms with E-state index in [0.29, 0.717) is 19.5 Å². The van der Waals surface area contributed by atoms with E-state index in [1.807, 2.05) is 18.0 Å². The van der Waals surface area contributed by atoms with Gasteiger partial charge < -0.3 is 15.7 Å². The van der Waals surface area contributed by atoms with Gasteiger partial charge in [-0.15, -0.1) is 0 Å². The molecule has 64 valence electrons. The summed E-state index contributed by atoms with van der Waals surface area (Å²) in [5, 5.41) is 17.3. The maximum absolute atomic E-state index is 9.08. The summed E-state index contributed by atoms with van der Waals surface area (Å²) < 4.78 is 0. The summed E-state index contributed by atoms with van der Waals surface area (Å²) in [6, 6.07) is 2.04. The molecule has 0 amide bonds. The largest absolute Gasteiger partial charge is 0.390 e. The van der Waals surface area contributed by atoms with Crippen LogP contribution in [0.25, 0.3) is 0 Å². The fraction of sp³-hybridized carbons (Fsp3) is 0.857. The molecular weight excluding hydrogens is 142 g/mol. The Hall–Kier alpha value is -0.630. The van der Waals surface area contributed by atoms with Crippen molar-refractivity contribution in [2.24, 2.45) is 5.73 Å². The third-order valence-corrected chi connectivity index (χ3v) is 1.40. The van der Waals surface area contributed by atoms with Gasteiger partial charge in [0.2, 0.25) is 0 Å². The lowest BCUT2D eigenvalue weighted by atomic mass is 10.3. The van der Waals surface area contributed by atoms with Crippen LogP contribution in [-0.4, -0.2) is 42.8 Å². The van der Waals surface area contributed by atoms with Gasteiger partial charge in [-0.3, -0.25) is 0 Å². The predicted octanol–water partition coefficient (Wildman–Crippen LogP) is -0.849. The zero-order valence-electron chi connectivity index (χ0n) is 6.82. The van der Waals surface area contributed by atoms with E-state index < -0.39 is 6.10 Å². The second-order valence-electron chi connectivity index (χ2n) is 2.56. The van der Waals surface area contributed by atoms with Crippen LogP contribution in [-0.2, 0) is 0 Å². The first-order chi connectivity index (χ1) is 5.20. The molecule has 0 aromatic heterocycles. The molecule has 0 spiro atoms. The van der Waals surface area contributed by atoms with Gasteiger partial charge in [-0.1, -0.05) is 0 Å². The highest BCUT2D eigenvalue weighted by molar-refractivity contribution is 4.72. The predicted molar refractivity (Wildman–Crippen MR) is 42.8 cm³/mol. The number of hydrogen-bond donors (Lipinski definition) is 2. The molecule has 0 aliphatic heterocycles. The van der Waals surface area contributed by atoms with Crippen LogP contribution in [0.4, 0.5) is 0 Å². The summed E-state index contributed by atoms with van der Waals surface area (Å²) in [7, 11) is 1.86. The molecule has 0 fully saturated rings. The fourth-order valence-electron chi connectivity index (χ4n) is 0.766. The van der Waals surface area contributed by atoms with E-state index in [1.165, 1.54) is 0 Å². The van der Waals surface area contributed by atoms with Crippen LogP contribution in [0.3, 0.4) is 0 Å². The zero-order chi connectivity index (χ0) is 8.69. The average Bonchev–Trinajstić information content (AvgIpc) is 2.00. The lowest BCUT2D eigenvalue weighted by molar-refractivity contribution is 0.133. The second-order valence-corrected chi connectivity index (χ2v) is 2.56. The molecule has 0 bridgehead atoms. The molecule has 0 radical (unpaired) electrons. The molecule has 0 saturated carbocycles. The maximum atomic E-state index is 9.08. The molecule has 0 aromatic carbocycles. The van der Waals surface area contributed by atoms with E-state index in [4.69, 9.17) is 16.1 Å². The van der Waals surface area contributed by atoms with Crippen LogP contribution in [0.2, 0.25) is 0 Å². The lowest BCUT2D eigenvalue weighted by Crippen LogP contribution is -2.34. The average molecular weight is 157 g/mol. The number of aliphatic hydroxyl groups excluding tert-OH is 1. The smallest absolute Gasteiger partial charge is 0.0788 e. The van der Waals surface area contributed by atoms with Gasteiger partial charge in [0.15, 0.2) is 0 Å². The maximum Gasteiger partial charge on any atom is 0.0788 e. The monoisotopic (exact) mass is 157 g/mol. The topological polar surface area (TPSA) is 73.3 Å². The van der Waals surface area contributed by atoms with Gasteiger partial charge in [0, 0.05) is 26.1 Å². The quantitative estimate of drug-likeness (QED) is 0.545. The molecular formula is C7H15N3O. The van der Waals surface area contributed by atoms with Crippen LogP contribution in [0.5, 0.6) is 0 Å². The van der Waals surface area contributed by atoms with Gasteiger partial charge in [-0.2, -0.15) is 5.26 Å². The highest BCUT2D eigenvalue weighted by Gasteiger charge is 2.04. The fourth-order valence-corrected chi connectivity index (χ4v) is 0.766. The Morgan fingerprint density at radius 3 is 2.82 bits per heavy atom. The van der Waals surface area contributed by atoms with Crippen molar-refractivity contribution in [3.63, 3.8) is 0 Å². The molecule has 1 atom stereocenters. The first-order valence-electron chi connectivity index (χ1n) is 3.64. The molecule has 0 saturated heterocycles. The highest BCUT2D eigenvalue weighted by Crippen LogP contribution is 1.88. The Labute approximate surface area is 67.2 Å². The van der Waals surface area contributed by atoms with E-state index in [2.05, 4.69) is 0 Å². The molecule has 0 aliphatic rings. The van der Waals surface area contributed by atoms with Crippen molar-refractivity contribution in [2.45, 2.75) is 12.5 Å². The third kappa shape index (κ3) is 5.80. The molecule has 4 nitrogen and oxygen atoms in total. The van der Waals surface area contributed by atoms with Crippen LogP contribution in [0.1, 0.15) is 6.42 Å². The Kier molecular flexibility index (Phi) is 5.75. The highest BCUT2D eigenvalue weighted by atomic mass is 16.3. The van der Waals surface area contributed by atoms with Gasteiger partial charge in [0.1, 0.15) is 0 Å². The van der Waals surface area contributed by atoms with Crippen molar-refractivity contribution < 1.29 is 5.11 Å². The third-order valence-electron chi connectivity index (χ3n) is 1.40. The molecule has 3 N–H and O–H groups in total. The van der Waals surface area contributed by atoms with Crippen LogP contribution < -0.4 is 5.73 Å². The SMILES string of the molecule is CN(CCC#N)CC(O)CN. The van der Waals surface area contributed by atoms with Crippen molar-refractivity contribution in [1.82, 2.24) is 4.90 Å². The summed E-state index contributed by atoms with van der Waals surface area (Å²) in [6.07, 6.45) is 0.0204. The Bertz CT molecular complexity index is 132. The molecule has 4 heteroatoms. The Morgan fingerprint density at radius 2 is 2.36 bits per heavy atom. The van der Waals surface area contributed by atoms with Crippen LogP contribution in [0.15, 0.2) is 0 Å². The molecule has 11 heavy (non-hydrogen) atoms. The molecule has 0 heterocycles. The summed E-state index contributed by atoms with van der Waals surface area (Å²) in [6.45, 7) is 1.50. The molecule has 1 unspecified atom stereocenters. The number of nitrogens with two attached hydrogens (primary N) is 1. The van der Waals surface area contributed by atoms with E-state index in [-0.39, 0.29) is 6.54 Å². The van der Waals surface area contributed by atoms with Crippen molar-refractivity contribution in [3.05, 3.63) is 0 Å². The second kappa shape index (κ2) is 6.10. The molecule has 0 rings (SSSR count). The van der Waals surface area contributed by atoms with E-state index in [0.717, 1.165) is 0 Å². The van der Waals surface area contributed by atoms with Gasteiger partial charge in [-0.05, 0) is 7.05 Å². The number of hydrogen-bond acceptors (Lipinski definition) is 4. The van der Waals surface area contributed by atoms with Crippen LogP contribution in [0, 0.1) is 11.3 Å².